The molecule has 0 amide bonds. The van der Waals surface area contributed by atoms with Gasteiger partial charge in [0.2, 0.25) is 17.6 Å². The van der Waals surface area contributed by atoms with Crippen LogP contribution in [0.5, 0.6) is 17.6 Å². The van der Waals surface area contributed by atoms with Crippen LogP contribution < -0.4 is 14.2 Å². The van der Waals surface area contributed by atoms with Crippen LogP contribution in [-0.2, 0) is 38.7 Å². The van der Waals surface area contributed by atoms with E-state index in [1.54, 1.807) is 4.68 Å². The summed E-state index contributed by atoms with van der Waals surface area (Å²) in [6.07, 6.45) is 10.3. The average molecular weight is 910 g/mol. The van der Waals surface area contributed by atoms with Gasteiger partial charge in [0, 0.05) is 49.0 Å². The van der Waals surface area contributed by atoms with E-state index in [1.165, 1.54) is 12.8 Å². The van der Waals surface area contributed by atoms with Crippen molar-refractivity contribution in [3.8, 4) is 39.9 Å². The highest BCUT2D eigenvalue weighted by atomic mass is 16.5. The Labute approximate surface area is 388 Å². The molecule has 2 aliphatic heterocycles. The number of nitrogens with zero attached hydrogens (tertiary/aromatic N) is 12. The molecular weight excluding hydrogens is 851 g/mol. The highest BCUT2D eigenvalue weighted by Gasteiger charge is 2.24. The lowest BCUT2D eigenvalue weighted by Crippen LogP contribution is -2.25. The van der Waals surface area contributed by atoms with Crippen LogP contribution >= 0.6 is 0 Å². The van der Waals surface area contributed by atoms with Gasteiger partial charge in [0.25, 0.3) is 0 Å². The third kappa shape index (κ3) is 8.60. The van der Waals surface area contributed by atoms with Crippen LogP contribution in [0.3, 0.4) is 0 Å². The SMILES string of the molecule is Cc1nn(CCN2CCCC2)c(OCCOC(C)c2c(-c3ccc4c(c3)c(C)nn4Cn3ncc4c3O[C@@H](C)CCOc3c(c(CO)nn3C)/C=C/c3[nH]nc5ccc-4cc35)cnn2C)c1C. The van der Waals surface area contributed by atoms with Gasteiger partial charge in [-0.15, -0.1) is 0 Å². The summed E-state index contributed by atoms with van der Waals surface area (Å²) in [7, 11) is 3.77. The summed E-state index contributed by atoms with van der Waals surface area (Å²) in [5.41, 5.74) is 11.6. The molecule has 2 aliphatic rings. The molecule has 350 valence electrons. The fourth-order valence-electron chi connectivity index (χ4n) is 9.46. The lowest BCUT2D eigenvalue weighted by atomic mass is 10.0. The molecule has 2 bridgehead atoms. The molecule has 2 atom stereocenters. The van der Waals surface area contributed by atoms with E-state index in [-0.39, 0.29) is 18.8 Å². The smallest absolute Gasteiger partial charge is 0.221 e. The molecule has 0 saturated carbocycles. The number of fused-ring (bicyclic) bond motifs is 5. The molecule has 6 aromatic heterocycles. The molecule has 1 fully saturated rings. The molecule has 18 nitrogen and oxygen atoms in total. The minimum absolute atomic E-state index is 0.215. The van der Waals surface area contributed by atoms with Crippen LogP contribution in [0.4, 0.5) is 0 Å². The summed E-state index contributed by atoms with van der Waals surface area (Å²) in [4.78, 5) is 2.49. The van der Waals surface area contributed by atoms with E-state index in [9.17, 15) is 5.11 Å². The molecule has 8 heterocycles. The standard InChI is InChI=1S/C49H59N13O5/c1-30-16-21-65-48-37(44(28-63)56-58(48)7)12-14-43-39-25-36(10-13-42(39)52-53-43)41-27-51-62(49(41)67-30)29-61-45-15-11-35(24-38(45)33(4)55-61)40-26-50-57(6)46(40)34(5)64-22-23-66-47-31(2)32(3)54-60(47)20-19-59-17-8-9-18-59/h10-15,24-27,30,34,63H,8-9,16-23,28-29H2,1-7H3,(H,52,53)/b14-12+/t30-,34?/m0/s1. The largest absolute Gasteiger partial charge is 0.477 e. The first-order chi connectivity index (χ1) is 32.5. The number of benzene rings is 2. The lowest BCUT2D eigenvalue weighted by Gasteiger charge is -2.18. The van der Waals surface area contributed by atoms with E-state index < -0.39 is 0 Å². The highest BCUT2D eigenvalue weighted by molar-refractivity contribution is 5.93. The van der Waals surface area contributed by atoms with Gasteiger partial charge in [-0.25, -0.2) is 18.7 Å². The van der Waals surface area contributed by atoms with Gasteiger partial charge in [-0.1, -0.05) is 12.1 Å². The van der Waals surface area contributed by atoms with E-state index in [4.69, 9.17) is 34.2 Å². The number of aryl methyl sites for hydroxylation is 4. The molecule has 1 saturated heterocycles. The molecule has 2 N–H and O–H groups in total. The number of H-pyrrole nitrogens is 1. The molecule has 8 aromatic rings. The van der Waals surface area contributed by atoms with Gasteiger partial charge < -0.3 is 29.0 Å². The van der Waals surface area contributed by atoms with Crippen molar-refractivity contribution < 1.29 is 24.1 Å². The topological polar surface area (TPSA) is 178 Å². The first-order valence-electron chi connectivity index (χ1n) is 23.2. The van der Waals surface area contributed by atoms with Gasteiger partial charge in [-0.2, -0.15) is 30.6 Å². The number of ether oxygens (including phenoxy) is 4. The maximum absolute atomic E-state index is 10.1. The van der Waals surface area contributed by atoms with Crippen molar-refractivity contribution in [1.82, 2.24) is 64.0 Å². The Bertz CT molecular complexity index is 3090. The van der Waals surface area contributed by atoms with Crippen molar-refractivity contribution in [3.05, 3.63) is 88.4 Å². The number of rotatable bonds is 13. The van der Waals surface area contributed by atoms with Crippen LogP contribution in [0.1, 0.15) is 78.8 Å². The number of aromatic amines is 1. The van der Waals surface area contributed by atoms with Gasteiger partial charge in [-0.3, -0.25) is 9.78 Å². The fraction of sp³-hybridized carbons (Fsp3) is 0.429. The summed E-state index contributed by atoms with van der Waals surface area (Å²) >= 11 is 0. The van der Waals surface area contributed by atoms with Crippen molar-refractivity contribution in [3.63, 3.8) is 0 Å². The first kappa shape index (κ1) is 44.1. The summed E-state index contributed by atoms with van der Waals surface area (Å²) in [6.45, 7) is 15.6. The average Bonchev–Trinajstić information content (AvgIpc) is 4.21. The zero-order chi connectivity index (χ0) is 46.3. The quantitative estimate of drug-likeness (QED) is 0.113. The summed E-state index contributed by atoms with van der Waals surface area (Å²) in [5, 5.41) is 43.7. The lowest BCUT2D eigenvalue weighted by molar-refractivity contribution is 0.0376. The van der Waals surface area contributed by atoms with Crippen molar-refractivity contribution in [2.45, 2.75) is 85.9 Å². The fourth-order valence-corrected chi connectivity index (χ4v) is 9.46. The van der Waals surface area contributed by atoms with Crippen molar-refractivity contribution in [2.75, 3.05) is 39.5 Å². The Balaban J connectivity index is 0.876. The Morgan fingerprint density at radius 2 is 1.61 bits per heavy atom. The third-order valence-corrected chi connectivity index (χ3v) is 13.2. The minimum Gasteiger partial charge on any atom is -0.477 e. The summed E-state index contributed by atoms with van der Waals surface area (Å²) in [5.74, 6) is 2.01. The summed E-state index contributed by atoms with van der Waals surface area (Å²) in [6, 6.07) is 12.5. The molecule has 2 aromatic carbocycles. The summed E-state index contributed by atoms with van der Waals surface area (Å²) < 4.78 is 35.2. The molecular formula is C49H59N13O5. The third-order valence-electron chi connectivity index (χ3n) is 13.2. The Morgan fingerprint density at radius 1 is 0.836 bits per heavy atom. The molecule has 0 radical (unpaired) electrons. The Kier molecular flexibility index (Phi) is 12.2. The second-order valence-corrected chi connectivity index (χ2v) is 17.8. The minimum atomic E-state index is -0.244. The zero-order valence-electron chi connectivity index (χ0n) is 39.4. The number of nitrogens with one attached hydrogen (secondary N) is 1. The van der Waals surface area contributed by atoms with Crippen molar-refractivity contribution >= 4 is 34.0 Å². The Hall–Kier alpha value is -6.76. The first-order valence-corrected chi connectivity index (χ1v) is 23.2. The number of aliphatic hydroxyl groups excluding tert-OH is 1. The van der Waals surface area contributed by atoms with E-state index in [0.29, 0.717) is 50.4 Å². The van der Waals surface area contributed by atoms with Gasteiger partial charge >= 0.3 is 0 Å². The number of hydrogen-bond acceptors (Lipinski definition) is 12. The maximum atomic E-state index is 10.1. The number of aliphatic hydroxyl groups is 1. The second-order valence-electron chi connectivity index (χ2n) is 17.8. The van der Waals surface area contributed by atoms with Crippen molar-refractivity contribution in [1.29, 1.82) is 0 Å². The normalized spacial score (nSPS) is 16.5. The second kappa shape index (κ2) is 18.5. The predicted molar refractivity (Wildman–Crippen MR) is 255 cm³/mol. The monoisotopic (exact) mass is 909 g/mol. The van der Waals surface area contributed by atoms with Crippen molar-refractivity contribution in [2.24, 2.45) is 14.1 Å². The van der Waals surface area contributed by atoms with Gasteiger partial charge in [0.15, 0.2) is 0 Å². The highest BCUT2D eigenvalue weighted by Crippen LogP contribution is 2.37. The van der Waals surface area contributed by atoms with Gasteiger partial charge in [-0.05, 0) is 108 Å². The number of hydrogen-bond donors (Lipinski definition) is 2. The maximum Gasteiger partial charge on any atom is 0.221 e. The van der Waals surface area contributed by atoms with Crippen LogP contribution in [0, 0.1) is 20.8 Å². The van der Waals surface area contributed by atoms with E-state index in [1.807, 2.05) is 90.3 Å². The van der Waals surface area contributed by atoms with E-state index in [0.717, 1.165) is 110 Å². The molecule has 0 aliphatic carbocycles. The van der Waals surface area contributed by atoms with Crippen LogP contribution in [-0.4, -0.2) is 115 Å². The molecule has 10 rings (SSSR count). The zero-order valence-corrected chi connectivity index (χ0v) is 39.4. The molecule has 0 spiro atoms. The predicted octanol–water partition coefficient (Wildman–Crippen LogP) is 7.00. The molecule has 1 unspecified atom stereocenters. The molecule has 18 heteroatoms. The molecule has 67 heavy (non-hydrogen) atoms. The van der Waals surface area contributed by atoms with Crippen LogP contribution in [0.25, 0.3) is 56.2 Å². The van der Waals surface area contributed by atoms with Gasteiger partial charge in [0.1, 0.15) is 19.4 Å². The van der Waals surface area contributed by atoms with Gasteiger partial charge in [0.05, 0.1) is 95.5 Å². The van der Waals surface area contributed by atoms with E-state index in [2.05, 4.69) is 63.4 Å². The van der Waals surface area contributed by atoms with Crippen LogP contribution in [0.2, 0.25) is 0 Å². The number of aromatic nitrogens is 12. The van der Waals surface area contributed by atoms with E-state index >= 15 is 0 Å². The number of likely N-dealkylation sites (tertiary alicyclic amines) is 1. The van der Waals surface area contributed by atoms with Crippen LogP contribution in [0.15, 0.2) is 48.8 Å². The Morgan fingerprint density at radius 3 is 2.45 bits per heavy atom.